The van der Waals surface area contributed by atoms with E-state index in [1.54, 1.807) is 0 Å². The van der Waals surface area contributed by atoms with Gasteiger partial charge in [0.2, 0.25) is 0 Å². The maximum atomic E-state index is 12.9. The molecule has 0 spiro atoms. The molecule has 1 N–H and O–H groups in total. The molecule has 2 heteroatoms. The van der Waals surface area contributed by atoms with E-state index < -0.39 is 0 Å². The number of hydrogen-bond donors (Lipinski definition) is 1. The second kappa shape index (κ2) is 5.22. The third-order valence-corrected chi connectivity index (χ3v) is 8.74. The molecule has 0 aromatic rings. The van der Waals surface area contributed by atoms with Gasteiger partial charge < -0.3 is 5.11 Å². The third kappa shape index (κ3) is 1.92. The van der Waals surface area contributed by atoms with E-state index in [0.717, 1.165) is 18.3 Å². The Morgan fingerprint density at radius 1 is 1.17 bits per heavy atom. The van der Waals surface area contributed by atoms with Gasteiger partial charge in [-0.15, -0.1) is 0 Å². The normalized spacial score (nSPS) is 50.5. The smallest absolute Gasteiger partial charge is 0.169 e. The predicted octanol–water partition coefficient (Wildman–Crippen LogP) is 5.45. The van der Waals surface area contributed by atoms with E-state index in [-0.39, 0.29) is 17.0 Å². The van der Waals surface area contributed by atoms with Crippen LogP contribution in [0.1, 0.15) is 66.2 Å². The second-order valence-electron chi connectivity index (χ2n) is 9.50. The number of rotatable bonds is 1. The highest BCUT2D eigenvalue weighted by Crippen LogP contribution is 2.67. The first-order chi connectivity index (χ1) is 11.3. The van der Waals surface area contributed by atoms with Gasteiger partial charge in [-0.3, -0.25) is 4.79 Å². The minimum Gasteiger partial charge on any atom is -0.508 e. The fourth-order valence-corrected chi connectivity index (χ4v) is 7.43. The fourth-order valence-electron chi connectivity index (χ4n) is 7.43. The molecule has 24 heavy (non-hydrogen) atoms. The molecule has 1 unspecified atom stereocenters. The second-order valence-corrected chi connectivity index (χ2v) is 9.50. The molecule has 0 aliphatic heterocycles. The van der Waals surface area contributed by atoms with Gasteiger partial charge in [0, 0.05) is 6.08 Å². The van der Waals surface area contributed by atoms with Gasteiger partial charge in [0.1, 0.15) is 5.76 Å². The molecule has 3 fully saturated rings. The average Bonchev–Trinajstić information content (AvgIpc) is 2.86. The molecule has 0 heterocycles. The molecule has 0 saturated heterocycles. The fraction of sp³-hybridized carbons (Fsp3) is 0.773. The number of carbonyl (C=O) groups excluding carboxylic acids is 1. The van der Waals surface area contributed by atoms with E-state index in [1.807, 2.05) is 6.08 Å². The van der Waals surface area contributed by atoms with Crippen molar-refractivity contribution in [3.8, 4) is 0 Å². The van der Waals surface area contributed by atoms with Crippen LogP contribution in [-0.4, -0.2) is 10.9 Å². The van der Waals surface area contributed by atoms with Crippen LogP contribution in [0.2, 0.25) is 0 Å². The van der Waals surface area contributed by atoms with E-state index in [0.29, 0.717) is 23.2 Å². The molecule has 0 aromatic carbocycles. The summed E-state index contributed by atoms with van der Waals surface area (Å²) in [5, 5.41) is 9.94. The zero-order chi connectivity index (χ0) is 17.3. The number of aliphatic hydroxyl groups is 1. The number of ketones is 1. The van der Waals surface area contributed by atoms with Crippen molar-refractivity contribution in [1.82, 2.24) is 0 Å². The lowest BCUT2D eigenvalue weighted by Crippen LogP contribution is -2.55. The molecular weight excluding hydrogens is 296 g/mol. The SMILES string of the molecule is CC[C@H]1CC[C@H]2[C@@H]3C(C)CC4=CC(O)=CC(=O)[C@]4(C)[C@H]3CC[C@]12C. The summed E-state index contributed by atoms with van der Waals surface area (Å²) < 4.78 is 0. The van der Waals surface area contributed by atoms with Crippen LogP contribution in [0.4, 0.5) is 0 Å². The Kier molecular flexibility index (Phi) is 3.57. The van der Waals surface area contributed by atoms with Crippen molar-refractivity contribution in [1.29, 1.82) is 0 Å². The molecular formula is C22H32O2. The standard InChI is InChI=1S/C22H32O2/c1-5-14-6-7-17-20-13(2)10-15-11-16(23)12-19(24)22(15,4)18(20)8-9-21(14,17)3/h11-14,17-18,20,23H,5-10H2,1-4H3/t13?,14-,17-,18-,20-,21+,22-/m0/s1. The van der Waals surface area contributed by atoms with Crippen molar-refractivity contribution in [2.24, 2.45) is 40.4 Å². The molecule has 3 saturated carbocycles. The number of allylic oxidation sites excluding steroid dienone is 3. The Balaban J connectivity index is 1.75. The topological polar surface area (TPSA) is 37.3 Å². The lowest BCUT2D eigenvalue weighted by molar-refractivity contribution is -0.134. The van der Waals surface area contributed by atoms with E-state index in [2.05, 4.69) is 27.7 Å². The van der Waals surface area contributed by atoms with Crippen molar-refractivity contribution in [3.05, 3.63) is 23.5 Å². The summed E-state index contributed by atoms with van der Waals surface area (Å²) in [6, 6.07) is 0. The molecule has 2 nitrogen and oxygen atoms in total. The minimum atomic E-state index is -0.366. The summed E-state index contributed by atoms with van der Waals surface area (Å²) in [5.74, 6) is 3.69. The van der Waals surface area contributed by atoms with Crippen molar-refractivity contribution in [2.45, 2.75) is 66.2 Å². The zero-order valence-electron chi connectivity index (χ0n) is 15.6. The van der Waals surface area contributed by atoms with Crippen LogP contribution in [0.15, 0.2) is 23.5 Å². The van der Waals surface area contributed by atoms with Crippen molar-refractivity contribution in [2.75, 3.05) is 0 Å². The molecule has 4 rings (SSSR count). The van der Waals surface area contributed by atoms with Gasteiger partial charge >= 0.3 is 0 Å². The maximum absolute atomic E-state index is 12.9. The molecule has 132 valence electrons. The van der Waals surface area contributed by atoms with Gasteiger partial charge in [0.25, 0.3) is 0 Å². The summed E-state index contributed by atoms with van der Waals surface area (Å²) in [7, 11) is 0. The summed E-state index contributed by atoms with van der Waals surface area (Å²) >= 11 is 0. The summed E-state index contributed by atoms with van der Waals surface area (Å²) in [4.78, 5) is 12.9. The maximum Gasteiger partial charge on any atom is 0.169 e. The number of fused-ring (bicyclic) bond motifs is 5. The van der Waals surface area contributed by atoms with Crippen LogP contribution >= 0.6 is 0 Å². The van der Waals surface area contributed by atoms with Gasteiger partial charge in [-0.25, -0.2) is 0 Å². The first-order valence-electron chi connectivity index (χ1n) is 9.98. The molecule has 0 aromatic heterocycles. The predicted molar refractivity (Wildman–Crippen MR) is 96.5 cm³/mol. The molecule has 7 atom stereocenters. The van der Waals surface area contributed by atoms with Gasteiger partial charge in [-0.2, -0.15) is 0 Å². The molecule has 4 aliphatic rings. The van der Waals surface area contributed by atoms with E-state index >= 15 is 0 Å². The summed E-state index contributed by atoms with van der Waals surface area (Å²) in [5.41, 5.74) is 1.31. The Morgan fingerprint density at radius 2 is 1.92 bits per heavy atom. The zero-order valence-corrected chi connectivity index (χ0v) is 15.6. The van der Waals surface area contributed by atoms with Crippen LogP contribution in [0.5, 0.6) is 0 Å². The van der Waals surface area contributed by atoms with Crippen molar-refractivity contribution in [3.63, 3.8) is 0 Å². The van der Waals surface area contributed by atoms with Crippen molar-refractivity contribution < 1.29 is 9.90 Å². The Morgan fingerprint density at radius 3 is 2.62 bits per heavy atom. The number of hydrogen-bond acceptors (Lipinski definition) is 2. The van der Waals surface area contributed by atoms with Crippen LogP contribution < -0.4 is 0 Å². The summed E-state index contributed by atoms with van der Waals surface area (Å²) in [6.07, 6.45) is 10.8. The lowest BCUT2D eigenvalue weighted by Gasteiger charge is -2.59. The molecule has 0 amide bonds. The quantitative estimate of drug-likeness (QED) is 0.694. The highest BCUT2D eigenvalue weighted by Gasteiger charge is 2.61. The van der Waals surface area contributed by atoms with Gasteiger partial charge in [-0.05, 0) is 80.1 Å². The monoisotopic (exact) mass is 328 g/mol. The van der Waals surface area contributed by atoms with E-state index in [4.69, 9.17) is 0 Å². The first kappa shape index (κ1) is 16.4. The van der Waals surface area contributed by atoms with E-state index in [9.17, 15) is 9.90 Å². The van der Waals surface area contributed by atoms with Crippen LogP contribution in [0, 0.1) is 40.4 Å². The lowest BCUT2D eigenvalue weighted by atomic mass is 9.45. The largest absolute Gasteiger partial charge is 0.508 e. The molecule has 4 aliphatic carbocycles. The highest BCUT2D eigenvalue weighted by molar-refractivity contribution is 5.99. The van der Waals surface area contributed by atoms with Gasteiger partial charge in [-0.1, -0.05) is 32.8 Å². The molecule has 0 bridgehead atoms. The van der Waals surface area contributed by atoms with Crippen LogP contribution in [-0.2, 0) is 4.79 Å². The first-order valence-corrected chi connectivity index (χ1v) is 9.98. The Labute approximate surface area is 146 Å². The third-order valence-electron chi connectivity index (χ3n) is 8.74. The van der Waals surface area contributed by atoms with Crippen molar-refractivity contribution >= 4 is 5.78 Å². The van der Waals surface area contributed by atoms with Gasteiger partial charge in [0.05, 0.1) is 5.41 Å². The number of aliphatic hydroxyl groups excluding tert-OH is 1. The van der Waals surface area contributed by atoms with Crippen LogP contribution in [0.25, 0.3) is 0 Å². The molecule has 0 radical (unpaired) electrons. The number of carbonyl (C=O) groups is 1. The minimum absolute atomic E-state index is 0.146. The van der Waals surface area contributed by atoms with Gasteiger partial charge in [0.15, 0.2) is 5.78 Å². The van der Waals surface area contributed by atoms with E-state index in [1.165, 1.54) is 43.8 Å². The average molecular weight is 328 g/mol. The van der Waals surface area contributed by atoms with Crippen LogP contribution in [0.3, 0.4) is 0 Å². The highest BCUT2D eigenvalue weighted by atomic mass is 16.3. The Bertz CT molecular complexity index is 630. The summed E-state index contributed by atoms with van der Waals surface area (Å²) in [6.45, 7) is 9.46. The Hall–Kier alpha value is -1.05.